The Hall–Kier alpha value is -1.39. The third-order valence-corrected chi connectivity index (χ3v) is 7.19. The van der Waals surface area contributed by atoms with Gasteiger partial charge in [-0.2, -0.15) is 0 Å². The first-order chi connectivity index (χ1) is 12.0. The summed E-state index contributed by atoms with van der Waals surface area (Å²) in [5.74, 6) is 1.22. The van der Waals surface area contributed by atoms with Crippen molar-refractivity contribution in [3.63, 3.8) is 0 Å². The number of H-pyrrole nitrogens is 1. The lowest BCUT2D eigenvalue weighted by molar-refractivity contribution is 0.123. The maximum Gasteiger partial charge on any atom is 0.415 e. The van der Waals surface area contributed by atoms with Gasteiger partial charge in [-0.25, -0.2) is 9.78 Å². The summed E-state index contributed by atoms with van der Waals surface area (Å²) in [6.45, 7) is 6.00. The first-order valence-electron chi connectivity index (χ1n) is 7.89. The molecule has 1 saturated heterocycles. The molecule has 0 aliphatic carbocycles. The summed E-state index contributed by atoms with van der Waals surface area (Å²) in [6.07, 6.45) is 3.34. The molecule has 25 heavy (non-hydrogen) atoms. The first-order valence-corrected chi connectivity index (χ1v) is 10.6. The van der Waals surface area contributed by atoms with Crippen molar-refractivity contribution in [2.75, 3.05) is 6.54 Å². The fourth-order valence-electron chi connectivity index (χ4n) is 3.05. The number of hydrogen-bond acceptors (Lipinski definition) is 5. The van der Waals surface area contributed by atoms with E-state index in [9.17, 15) is 4.79 Å². The van der Waals surface area contributed by atoms with Crippen molar-refractivity contribution in [1.29, 1.82) is 0 Å². The van der Waals surface area contributed by atoms with Crippen molar-refractivity contribution in [1.82, 2.24) is 14.9 Å². The molecule has 1 atom stereocenters. The number of carbonyl (C=O) groups excluding carboxylic acids is 1. The molecule has 1 N–H and O–H groups in total. The number of allylic oxidation sites excluding steroid dienone is 1. The number of halogens is 1. The number of likely N-dealkylation sites (tertiary alicyclic amines) is 1. The van der Waals surface area contributed by atoms with Gasteiger partial charge in [0.15, 0.2) is 0 Å². The third kappa shape index (κ3) is 3.34. The van der Waals surface area contributed by atoms with Crippen LogP contribution in [0.5, 0.6) is 0 Å². The highest BCUT2D eigenvalue weighted by Crippen LogP contribution is 2.39. The van der Waals surface area contributed by atoms with Gasteiger partial charge in [0.25, 0.3) is 0 Å². The fraction of sp³-hybridized carbons (Fsp3) is 0.294. The van der Waals surface area contributed by atoms with E-state index in [4.69, 9.17) is 4.74 Å². The normalized spacial score (nSPS) is 17.4. The minimum Gasteiger partial charge on any atom is -0.416 e. The molecule has 3 aromatic rings. The molecule has 4 heterocycles. The van der Waals surface area contributed by atoms with Crippen LogP contribution in [-0.4, -0.2) is 27.5 Å². The van der Waals surface area contributed by atoms with E-state index < -0.39 is 0 Å². The number of carbonyl (C=O) groups is 1. The van der Waals surface area contributed by atoms with Crippen LogP contribution in [0.2, 0.25) is 0 Å². The monoisotopic (exact) mass is 485 g/mol. The summed E-state index contributed by atoms with van der Waals surface area (Å²) < 4.78 is 9.07. The Bertz CT molecular complexity index is 927. The number of nitrogens with zero attached hydrogens (tertiary/aromatic N) is 2. The van der Waals surface area contributed by atoms with Crippen LogP contribution >= 0.6 is 45.3 Å². The van der Waals surface area contributed by atoms with Gasteiger partial charge in [-0.3, -0.25) is 4.90 Å². The molecule has 0 bridgehead atoms. The van der Waals surface area contributed by atoms with Gasteiger partial charge < -0.3 is 9.72 Å². The summed E-state index contributed by atoms with van der Waals surface area (Å²) in [7, 11) is 0. The molecule has 0 aromatic carbocycles. The second kappa shape index (κ2) is 6.73. The number of thiophene rings is 2. The maximum atomic E-state index is 12.2. The summed E-state index contributed by atoms with van der Waals surface area (Å²) in [5.41, 5.74) is 0.999. The third-order valence-electron chi connectivity index (χ3n) is 4.10. The number of rotatable bonds is 3. The van der Waals surface area contributed by atoms with Crippen LogP contribution in [0.1, 0.15) is 31.6 Å². The number of ether oxygens (including phenoxy) is 1. The Morgan fingerprint density at radius 1 is 1.44 bits per heavy atom. The predicted octanol–water partition coefficient (Wildman–Crippen LogP) is 5.76. The van der Waals surface area contributed by atoms with Crippen LogP contribution in [0.15, 0.2) is 30.7 Å². The molecule has 3 aromatic heterocycles. The molecule has 0 spiro atoms. The Balaban J connectivity index is 1.58. The van der Waals surface area contributed by atoms with E-state index in [0.29, 0.717) is 12.3 Å². The van der Waals surface area contributed by atoms with Gasteiger partial charge >= 0.3 is 6.09 Å². The molecule has 1 aliphatic heterocycles. The second-order valence-corrected chi connectivity index (χ2v) is 10.1. The van der Waals surface area contributed by atoms with Gasteiger partial charge in [0.05, 0.1) is 31.5 Å². The molecular weight excluding hydrogens is 469 g/mol. The molecule has 1 amide bonds. The van der Waals surface area contributed by atoms with E-state index in [1.807, 2.05) is 6.20 Å². The van der Waals surface area contributed by atoms with E-state index in [1.54, 1.807) is 34.5 Å². The maximum absolute atomic E-state index is 12.2. The summed E-state index contributed by atoms with van der Waals surface area (Å²) in [4.78, 5) is 23.1. The van der Waals surface area contributed by atoms with Crippen LogP contribution in [-0.2, 0) is 4.74 Å². The Morgan fingerprint density at radius 2 is 2.24 bits per heavy atom. The van der Waals surface area contributed by atoms with Gasteiger partial charge in [-0.15, -0.1) is 22.7 Å². The smallest absolute Gasteiger partial charge is 0.415 e. The van der Waals surface area contributed by atoms with Gasteiger partial charge in [0.2, 0.25) is 0 Å². The molecule has 1 aliphatic rings. The van der Waals surface area contributed by atoms with E-state index in [0.717, 1.165) is 24.4 Å². The molecule has 0 saturated carbocycles. The fourth-order valence-corrected chi connectivity index (χ4v) is 6.37. The molecular formula is C17H16IN3O2S2. The standard InChI is InChI=1S/C17H16IN3O2S2/c1-9(2)23-17(22)21-5-3-4-11(21)16-19-8-10(20-16)12-6-13-14(24-12)7-15(18)25-13/h6-8,11H,1,3-5H2,2H3,(H,19,20)/t11-/m0/s1. The highest BCUT2D eigenvalue weighted by atomic mass is 127. The molecule has 1 fully saturated rings. The van der Waals surface area contributed by atoms with Crippen molar-refractivity contribution in [2.24, 2.45) is 0 Å². The van der Waals surface area contributed by atoms with Crippen LogP contribution in [0.4, 0.5) is 4.79 Å². The first kappa shape index (κ1) is 17.0. The molecule has 0 unspecified atom stereocenters. The number of amides is 1. The van der Waals surface area contributed by atoms with Gasteiger partial charge in [0.1, 0.15) is 5.82 Å². The molecule has 0 radical (unpaired) electrons. The minimum atomic E-state index is -0.348. The van der Waals surface area contributed by atoms with Crippen molar-refractivity contribution in [2.45, 2.75) is 25.8 Å². The van der Waals surface area contributed by atoms with Gasteiger partial charge in [-0.1, -0.05) is 6.58 Å². The van der Waals surface area contributed by atoms with E-state index >= 15 is 0 Å². The van der Waals surface area contributed by atoms with E-state index in [2.05, 4.69) is 51.3 Å². The van der Waals surface area contributed by atoms with E-state index in [1.165, 1.54) is 17.2 Å². The van der Waals surface area contributed by atoms with Crippen LogP contribution < -0.4 is 0 Å². The van der Waals surface area contributed by atoms with Gasteiger partial charge in [-0.05, 0) is 54.5 Å². The Morgan fingerprint density at radius 3 is 3.00 bits per heavy atom. The lowest BCUT2D eigenvalue weighted by Crippen LogP contribution is -2.31. The highest BCUT2D eigenvalue weighted by Gasteiger charge is 2.33. The minimum absolute atomic E-state index is 0.0670. The van der Waals surface area contributed by atoms with Crippen molar-refractivity contribution >= 4 is 60.8 Å². The molecule has 5 nitrogen and oxygen atoms in total. The zero-order valence-electron chi connectivity index (χ0n) is 13.5. The van der Waals surface area contributed by atoms with E-state index in [-0.39, 0.29) is 12.1 Å². The van der Waals surface area contributed by atoms with Crippen molar-refractivity contribution in [3.05, 3.63) is 39.4 Å². The van der Waals surface area contributed by atoms with Crippen LogP contribution in [0, 0.1) is 2.88 Å². The lowest BCUT2D eigenvalue weighted by Gasteiger charge is -2.22. The number of hydrogen-bond donors (Lipinski definition) is 1. The number of aromatic nitrogens is 2. The quantitative estimate of drug-likeness (QED) is 0.379. The molecule has 130 valence electrons. The van der Waals surface area contributed by atoms with Crippen molar-refractivity contribution in [3.8, 4) is 10.6 Å². The topological polar surface area (TPSA) is 58.2 Å². The number of nitrogens with one attached hydrogen (secondary N) is 1. The van der Waals surface area contributed by atoms with Crippen molar-refractivity contribution < 1.29 is 9.53 Å². The average molecular weight is 485 g/mol. The number of aromatic amines is 1. The van der Waals surface area contributed by atoms with Crippen LogP contribution in [0.3, 0.4) is 0 Å². The average Bonchev–Trinajstić information content (AvgIpc) is 3.28. The molecule has 8 heteroatoms. The number of imidazole rings is 1. The predicted molar refractivity (Wildman–Crippen MR) is 110 cm³/mol. The second-order valence-electron chi connectivity index (χ2n) is 5.99. The Labute approximate surface area is 166 Å². The largest absolute Gasteiger partial charge is 0.416 e. The summed E-state index contributed by atoms with van der Waals surface area (Å²) in [6, 6.07) is 4.34. The zero-order valence-corrected chi connectivity index (χ0v) is 17.3. The summed E-state index contributed by atoms with van der Waals surface area (Å²) >= 11 is 5.91. The zero-order chi connectivity index (χ0) is 17.6. The van der Waals surface area contributed by atoms with Crippen LogP contribution in [0.25, 0.3) is 20.0 Å². The SMILES string of the molecule is C=C(C)OC(=O)N1CCC[C@H]1c1ncc(-c2cc3sc(I)cc3s2)[nH]1. The Kier molecular flexibility index (Phi) is 4.59. The number of fused-ring (bicyclic) bond motifs is 1. The highest BCUT2D eigenvalue weighted by molar-refractivity contribution is 14.1. The lowest BCUT2D eigenvalue weighted by atomic mass is 10.2. The molecule has 4 rings (SSSR count). The summed E-state index contributed by atoms with van der Waals surface area (Å²) in [5, 5.41) is 0. The van der Waals surface area contributed by atoms with Gasteiger partial charge in [0, 0.05) is 15.9 Å².